The number of nitriles is 1. The molecule has 0 aliphatic heterocycles. The van der Waals surface area contributed by atoms with Crippen LogP contribution in [0.2, 0.25) is 0 Å². The van der Waals surface area contributed by atoms with Crippen molar-refractivity contribution >= 4 is 31.5 Å². The molecule has 5 rings (SSSR count). The fourth-order valence-electron chi connectivity index (χ4n) is 4.26. The molecule has 0 saturated heterocycles. The van der Waals surface area contributed by atoms with Crippen molar-refractivity contribution in [2.24, 2.45) is 0 Å². The molecule has 126 valence electrons. The van der Waals surface area contributed by atoms with Crippen LogP contribution in [0.15, 0.2) is 42.6 Å². The Kier molecular flexibility index (Phi) is 3.55. The lowest BCUT2D eigenvalue weighted by Crippen LogP contribution is -2.04. The number of nitrogens with zero attached hydrogens (tertiary/aromatic N) is 2. The minimum atomic E-state index is 0.681. The summed E-state index contributed by atoms with van der Waals surface area (Å²) in [6.07, 6.45) is 6.95. The number of rotatable bonds is 1. The lowest BCUT2D eigenvalue weighted by molar-refractivity contribution is 0.684. The quantitative estimate of drug-likeness (QED) is 0.409. The van der Waals surface area contributed by atoms with Gasteiger partial charge in [-0.25, -0.2) is 0 Å². The van der Waals surface area contributed by atoms with Crippen LogP contribution in [0.4, 0.5) is 0 Å². The molecule has 0 unspecified atom stereocenters. The molecule has 0 saturated carbocycles. The van der Waals surface area contributed by atoms with E-state index >= 15 is 0 Å². The Morgan fingerprint density at radius 3 is 2.69 bits per heavy atom. The first-order chi connectivity index (χ1) is 12.8. The summed E-state index contributed by atoms with van der Waals surface area (Å²) in [4.78, 5) is 4.68. The number of thiophene rings is 1. The second-order valence-corrected chi connectivity index (χ2v) is 8.10. The van der Waals surface area contributed by atoms with E-state index in [0.29, 0.717) is 5.56 Å². The van der Waals surface area contributed by atoms with Gasteiger partial charge in [0.05, 0.1) is 22.0 Å². The van der Waals surface area contributed by atoms with Crippen LogP contribution in [0.5, 0.6) is 0 Å². The van der Waals surface area contributed by atoms with Crippen LogP contribution in [-0.4, -0.2) is 4.98 Å². The molecule has 0 fully saturated rings. The average molecular weight is 354 g/mol. The molecule has 1 aliphatic rings. The number of hydrogen-bond donors (Lipinski definition) is 0. The Bertz CT molecular complexity index is 1190. The molecule has 1 aliphatic carbocycles. The minimum absolute atomic E-state index is 0.681. The molecule has 26 heavy (non-hydrogen) atoms. The molecule has 4 aromatic rings. The van der Waals surface area contributed by atoms with Gasteiger partial charge in [-0.1, -0.05) is 12.1 Å². The maximum absolute atomic E-state index is 9.04. The Balaban J connectivity index is 1.80. The summed E-state index contributed by atoms with van der Waals surface area (Å²) >= 11 is 1.85. The van der Waals surface area contributed by atoms with Crippen LogP contribution in [-0.2, 0) is 12.8 Å². The Hall–Kier alpha value is -2.70. The fraction of sp³-hybridized carbons (Fsp3) is 0.217. The summed E-state index contributed by atoms with van der Waals surface area (Å²) in [6.45, 7) is 2.29. The first kappa shape index (κ1) is 15.5. The minimum Gasteiger partial charge on any atom is -0.255 e. The highest BCUT2D eigenvalue weighted by Gasteiger charge is 2.19. The second kappa shape index (κ2) is 5.93. The highest BCUT2D eigenvalue weighted by molar-refractivity contribution is 7.26. The number of fused-ring (bicyclic) bond motifs is 4. The van der Waals surface area contributed by atoms with Crippen LogP contribution in [0.25, 0.3) is 31.4 Å². The van der Waals surface area contributed by atoms with Gasteiger partial charge in [-0.15, -0.1) is 11.3 Å². The molecule has 2 aromatic carbocycles. The van der Waals surface area contributed by atoms with Gasteiger partial charge in [-0.05, 0) is 73.6 Å². The summed E-state index contributed by atoms with van der Waals surface area (Å²) in [7, 11) is 0. The van der Waals surface area contributed by atoms with Gasteiger partial charge >= 0.3 is 0 Å². The number of aromatic nitrogens is 1. The van der Waals surface area contributed by atoms with E-state index in [1.54, 1.807) is 11.1 Å². The Morgan fingerprint density at radius 1 is 1.08 bits per heavy atom. The van der Waals surface area contributed by atoms with Gasteiger partial charge in [0.2, 0.25) is 0 Å². The number of aryl methyl sites for hydroxylation is 2. The van der Waals surface area contributed by atoms with E-state index in [9.17, 15) is 0 Å². The van der Waals surface area contributed by atoms with E-state index in [-0.39, 0.29) is 0 Å². The molecule has 0 atom stereocenters. The van der Waals surface area contributed by atoms with Crippen molar-refractivity contribution in [3.05, 3.63) is 64.8 Å². The maximum atomic E-state index is 9.04. The molecule has 3 heteroatoms. The van der Waals surface area contributed by atoms with Crippen LogP contribution < -0.4 is 0 Å². The summed E-state index contributed by atoms with van der Waals surface area (Å²) in [5.41, 5.74) is 7.34. The van der Waals surface area contributed by atoms with Crippen LogP contribution in [0.1, 0.15) is 35.1 Å². The molecular weight excluding hydrogens is 336 g/mol. The van der Waals surface area contributed by atoms with Crippen LogP contribution >= 0.6 is 11.3 Å². The van der Waals surface area contributed by atoms with Crippen molar-refractivity contribution in [1.29, 1.82) is 5.26 Å². The number of hydrogen-bond acceptors (Lipinski definition) is 3. The zero-order chi connectivity index (χ0) is 17.7. The molecule has 2 aromatic heterocycles. The standard InChI is InChI=1S/C23H18N2S/c1-14-18-5-3-2-4-17(18)12-20-21(14)19-10-11-25-22(23(19)26-20)16-8-6-15(13-24)7-9-16/h6-12H,2-5H2,1H3. The first-order valence-corrected chi connectivity index (χ1v) is 9.91. The van der Waals surface area contributed by atoms with Gasteiger partial charge in [-0.2, -0.15) is 5.26 Å². The van der Waals surface area contributed by atoms with Gasteiger partial charge in [0, 0.05) is 27.2 Å². The van der Waals surface area contributed by atoms with Gasteiger partial charge < -0.3 is 0 Å². The largest absolute Gasteiger partial charge is 0.255 e. The van der Waals surface area contributed by atoms with E-state index in [4.69, 9.17) is 5.26 Å². The Morgan fingerprint density at radius 2 is 1.88 bits per heavy atom. The molecule has 0 bridgehead atoms. The molecule has 0 spiro atoms. The van der Waals surface area contributed by atoms with Crippen LogP contribution in [0.3, 0.4) is 0 Å². The van der Waals surface area contributed by atoms with Crippen molar-refractivity contribution in [3.63, 3.8) is 0 Å². The van der Waals surface area contributed by atoms with Crippen molar-refractivity contribution in [2.75, 3.05) is 0 Å². The summed E-state index contributed by atoms with van der Waals surface area (Å²) in [5, 5.41) is 11.8. The lowest BCUT2D eigenvalue weighted by Gasteiger charge is -2.18. The van der Waals surface area contributed by atoms with E-state index < -0.39 is 0 Å². The number of pyridine rings is 1. The van der Waals surface area contributed by atoms with Gasteiger partial charge in [0.25, 0.3) is 0 Å². The van der Waals surface area contributed by atoms with Crippen molar-refractivity contribution in [3.8, 4) is 17.3 Å². The summed E-state index contributed by atoms with van der Waals surface area (Å²) < 4.78 is 2.62. The highest BCUT2D eigenvalue weighted by Crippen LogP contribution is 2.43. The summed E-state index contributed by atoms with van der Waals surface area (Å²) in [5.74, 6) is 0. The van der Waals surface area contributed by atoms with Crippen molar-refractivity contribution in [2.45, 2.75) is 32.6 Å². The fourth-order valence-corrected chi connectivity index (χ4v) is 5.60. The molecule has 0 amide bonds. The highest BCUT2D eigenvalue weighted by atomic mass is 32.1. The molecule has 2 heterocycles. The molecule has 0 radical (unpaired) electrons. The van der Waals surface area contributed by atoms with Crippen molar-refractivity contribution in [1.82, 2.24) is 4.98 Å². The predicted octanol–water partition coefficient (Wildman–Crippen LogP) is 6.18. The zero-order valence-corrected chi connectivity index (χ0v) is 15.5. The van der Waals surface area contributed by atoms with Gasteiger partial charge in [0.15, 0.2) is 0 Å². The number of benzene rings is 2. The predicted molar refractivity (Wildman–Crippen MR) is 109 cm³/mol. The third-order valence-corrected chi connectivity index (χ3v) is 6.72. The third-order valence-electron chi connectivity index (χ3n) is 5.56. The zero-order valence-electron chi connectivity index (χ0n) is 14.7. The SMILES string of the molecule is Cc1c2c(cc3sc4c(-c5ccc(C#N)cc5)nccc4c13)CCCC2. The normalized spacial score (nSPS) is 13.7. The maximum Gasteiger partial charge on any atom is 0.0991 e. The van der Waals surface area contributed by atoms with E-state index in [2.05, 4.69) is 30.1 Å². The van der Waals surface area contributed by atoms with Gasteiger partial charge in [-0.3, -0.25) is 4.98 Å². The topological polar surface area (TPSA) is 36.7 Å². The lowest BCUT2D eigenvalue weighted by atomic mass is 9.87. The van der Waals surface area contributed by atoms with Crippen molar-refractivity contribution < 1.29 is 0 Å². The molecular formula is C23H18N2S. The van der Waals surface area contributed by atoms with Crippen LogP contribution in [0, 0.1) is 18.3 Å². The summed E-state index contributed by atoms with van der Waals surface area (Å²) in [6, 6.07) is 14.5. The Labute approximate surface area is 156 Å². The van der Waals surface area contributed by atoms with Gasteiger partial charge in [0.1, 0.15) is 0 Å². The smallest absolute Gasteiger partial charge is 0.0991 e. The average Bonchev–Trinajstić information content (AvgIpc) is 3.07. The first-order valence-electron chi connectivity index (χ1n) is 9.09. The third kappa shape index (κ3) is 2.26. The monoisotopic (exact) mass is 354 g/mol. The van der Waals surface area contributed by atoms with E-state index in [1.807, 2.05) is 41.8 Å². The molecule has 2 nitrogen and oxygen atoms in total. The van der Waals surface area contributed by atoms with E-state index in [0.717, 1.165) is 11.3 Å². The van der Waals surface area contributed by atoms with E-state index in [1.165, 1.54) is 51.4 Å². The molecule has 0 N–H and O–H groups in total. The second-order valence-electron chi connectivity index (χ2n) is 7.05.